The lowest BCUT2D eigenvalue weighted by Gasteiger charge is -2.11. The number of carbonyl (C=O) groups is 1. The molecule has 0 saturated carbocycles. The van der Waals surface area contributed by atoms with E-state index in [1.54, 1.807) is 52.9 Å². The highest BCUT2D eigenvalue weighted by molar-refractivity contribution is 8.25. The van der Waals surface area contributed by atoms with Gasteiger partial charge in [0.05, 0.1) is 10.6 Å². The van der Waals surface area contributed by atoms with Crippen LogP contribution in [0.2, 0.25) is 10.0 Å². The third kappa shape index (κ3) is 3.15. The maximum atomic E-state index is 11.8. The van der Waals surface area contributed by atoms with E-state index < -0.39 is 5.91 Å². The van der Waals surface area contributed by atoms with Gasteiger partial charge in [-0.2, -0.15) is 0 Å². The maximum Gasteiger partial charge on any atom is 0.267 e. The molecule has 1 aromatic heterocycles. The second-order valence-electron chi connectivity index (χ2n) is 4.55. The van der Waals surface area contributed by atoms with E-state index in [0.29, 0.717) is 15.7 Å². The molecule has 1 unspecified atom stereocenters. The van der Waals surface area contributed by atoms with E-state index in [2.05, 4.69) is 4.98 Å². The van der Waals surface area contributed by atoms with Crippen molar-refractivity contribution in [2.45, 2.75) is 5.25 Å². The fraction of sp³-hybridized carbons (Fsp3) is 0.143. The van der Waals surface area contributed by atoms with Gasteiger partial charge >= 0.3 is 0 Å². The zero-order valence-electron chi connectivity index (χ0n) is 11.2. The van der Waals surface area contributed by atoms with Crippen LogP contribution in [0.1, 0.15) is 10.8 Å². The fourth-order valence-corrected chi connectivity index (χ4v) is 5.75. The number of hydrogen-bond donors (Lipinski definition) is 1. The van der Waals surface area contributed by atoms with Gasteiger partial charge in [0.25, 0.3) is 5.91 Å². The number of imidazole rings is 1. The van der Waals surface area contributed by atoms with Crippen LogP contribution in [-0.4, -0.2) is 21.2 Å². The Morgan fingerprint density at radius 2 is 2.23 bits per heavy atom. The van der Waals surface area contributed by atoms with Crippen molar-refractivity contribution in [2.24, 2.45) is 5.73 Å². The zero-order chi connectivity index (χ0) is 15.7. The molecule has 0 aliphatic carbocycles. The average molecular weight is 372 g/mol. The molecular weight excluding hydrogens is 361 g/mol. The topological polar surface area (TPSA) is 60.9 Å². The van der Waals surface area contributed by atoms with Gasteiger partial charge in [-0.05, 0) is 17.7 Å². The molecule has 0 spiro atoms. The van der Waals surface area contributed by atoms with Crippen LogP contribution in [0, 0.1) is 0 Å². The minimum atomic E-state index is -0.476. The highest BCUT2D eigenvalue weighted by Crippen LogP contribution is 2.53. The summed E-state index contributed by atoms with van der Waals surface area (Å²) in [7, 11) is 0. The molecule has 1 aromatic carbocycles. The highest BCUT2D eigenvalue weighted by Gasteiger charge is 2.29. The normalized spacial score (nSPS) is 20.2. The third-order valence-corrected chi connectivity index (χ3v) is 6.60. The number of benzene rings is 1. The molecule has 2 heterocycles. The van der Waals surface area contributed by atoms with Gasteiger partial charge in [-0.15, -0.1) is 23.5 Å². The molecule has 3 rings (SSSR count). The number of nitrogens with zero attached hydrogens (tertiary/aromatic N) is 2. The minimum absolute atomic E-state index is 0.155. The molecule has 22 heavy (non-hydrogen) atoms. The van der Waals surface area contributed by atoms with Gasteiger partial charge in [-0.3, -0.25) is 9.36 Å². The van der Waals surface area contributed by atoms with Crippen molar-refractivity contribution >= 4 is 58.3 Å². The minimum Gasteiger partial charge on any atom is -0.364 e. The fourth-order valence-electron chi connectivity index (χ4n) is 2.11. The quantitative estimate of drug-likeness (QED) is 0.827. The van der Waals surface area contributed by atoms with Gasteiger partial charge < -0.3 is 5.73 Å². The molecule has 0 radical (unpaired) electrons. The molecule has 4 nitrogen and oxygen atoms in total. The molecule has 1 amide bonds. The van der Waals surface area contributed by atoms with Crippen LogP contribution in [0.3, 0.4) is 0 Å². The Labute approximate surface area is 146 Å². The summed E-state index contributed by atoms with van der Waals surface area (Å²) in [6.45, 7) is 0. The number of primary amides is 1. The lowest BCUT2D eigenvalue weighted by atomic mass is 10.2. The number of halogens is 2. The van der Waals surface area contributed by atoms with E-state index in [0.717, 1.165) is 15.6 Å². The highest BCUT2D eigenvalue weighted by atomic mass is 35.5. The molecule has 1 fully saturated rings. The summed E-state index contributed by atoms with van der Waals surface area (Å²) in [6.07, 6.45) is 4.88. The summed E-state index contributed by atoms with van der Waals surface area (Å²) in [4.78, 5) is 15.7. The lowest BCUT2D eigenvalue weighted by molar-refractivity contribution is -0.113. The number of aromatic nitrogens is 2. The molecule has 2 N–H and O–H groups in total. The van der Waals surface area contributed by atoms with Crippen LogP contribution in [0.15, 0.2) is 41.2 Å². The summed E-state index contributed by atoms with van der Waals surface area (Å²) in [5.74, 6) is 0.336. The van der Waals surface area contributed by atoms with Crippen LogP contribution in [0.5, 0.6) is 0 Å². The van der Waals surface area contributed by atoms with E-state index in [1.165, 1.54) is 0 Å². The predicted octanol–water partition coefficient (Wildman–Crippen LogP) is 4.02. The number of carbonyl (C=O) groups excluding carboxylic acids is 1. The van der Waals surface area contributed by atoms with Crippen LogP contribution in [0.4, 0.5) is 0 Å². The molecule has 1 saturated heterocycles. The summed E-state index contributed by atoms with van der Waals surface area (Å²) in [5.41, 5.74) is 6.98. The molecule has 1 aliphatic rings. The van der Waals surface area contributed by atoms with E-state index in [-0.39, 0.29) is 5.25 Å². The van der Waals surface area contributed by atoms with E-state index in [9.17, 15) is 4.79 Å². The third-order valence-electron chi connectivity index (χ3n) is 3.11. The predicted molar refractivity (Wildman–Crippen MR) is 93.9 cm³/mol. The van der Waals surface area contributed by atoms with Gasteiger partial charge in [0, 0.05) is 33.4 Å². The molecule has 114 valence electrons. The Kier molecular flexibility index (Phi) is 4.73. The van der Waals surface area contributed by atoms with Crippen molar-refractivity contribution in [3.63, 3.8) is 0 Å². The number of amides is 1. The van der Waals surface area contributed by atoms with Crippen molar-refractivity contribution in [2.75, 3.05) is 5.75 Å². The van der Waals surface area contributed by atoms with Gasteiger partial charge in [0.1, 0.15) is 5.70 Å². The van der Waals surface area contributed by atoms with Gasteiger partial charge in [0.15, 0.2) is 0 Å². The Bertz CT molecular complexity index is 747. The second-order valence-corrected chi connectivity index (χ2v) is 7.90. The summed E-state index contributed by atoms with van der Waals surface area (Å²) < 4.78 is 2.52. The van der Waals surface area contributed by atoms with Crippen LogP contribution >= 0.6 is 46.7 Å². The molecule has 2 aromatic rings. The largest absolute Gasteiger partial charge is 0.364 e. The SMILES string of the molecule is NC(=O)/C(=C1/SCC(c2ccc(Cl)cc2Cl)S1)n1ccnc1. The number of rotatable bonds is 3. The Balaban J connectivity index is 1.93. The van der Waals surface area contributed by atoms with Gasteiger partial charge in [-0.1, -0.05) is 29.3 Å². The van der Waals surface area contributed by atoms with Crippen LogP contribution in [-0.2, 0) is 4.79 Å². The van der Waals surface area contributed by atoms with Crippen molar-refractivity contribution in [3.05, 3.63) is 56.8 Å². The monoisotopic (exact) mass is 371 g/mol. The first-order valence-electron chi connectivity index (χ1n) is 6.33. The number of nitrogens with two attached hydrogens (primary N) is 1. The first-order chi connectivity index (χ1) is 10.6. The summed E-state index contributed by atoms with van der Waals surface area (Å²) >= 11 is 15.4. The molecule has 1 aliphatic heterocycles. The second kappa shape index (κ2) is 6.58. The molecule has 0 bridgehead atoms. The van der Waals surface area contributed by atoms with Crippen LogP contribution in [0.25, 0.3) is 5.70 Å². The standard InChI is InChI=1S/C14H11Cl2N3OS2/c15-8-1-2-9(10(16)5-8)11-6-21-14(22-11)12(13(17)20)19-4-3-18-7-19/h1-5,7,11H,6H2,(H2,17,20)/b14-12+. The van der Waals surface area contributed by atoms with Crippen molar-refractivity contribution in [1.29, 1.82) is 0 Å². The average Bonchev–Trinajstić information content (AvgIpc) is 3.11. The van der Waals surface area contributed by atoms with E-state index in [4.69, 9.17) is 28.9 Å². The Morgan fingerprint density at radius 3 is 2.86 bits per heavy atom. The molecule has 8 heteroatoms. The first kappa shape index (κ1) is 15.8. The van der Waals surface area contributed by atoms with Crippen molar-refractivity contribution in [3.8, 4) is 0 Å². The molecular formula is C14H11Cl2N3OS2. The zero-order valence-corrected chi connectivity index (χ0v) is 14.3. The van der Waals surface area contributed by atoms with E-state index >= 15 is 0 Å². The van der Waals surface area contributed by atoms with Crippen molar-refractivity contribution in [1.82, 2.24) is 9.55 Å². The van der Waals surface area contributed by atoms with Crippen LogP contribution < -0.4 is 5.73 Å². The number of thioether (sulfide) groups is 2. The Morgan fingerprint density at radius 1 is 1.41 bits per heavy atom. The van der Waals surface area contributed by atoms with E-state index in [1.807, 2.05) is 12.1 Å². The van der Waals surface area contributed by atoms with Crippen molar-refractivity contribution < 1.29 is 4.79 Å². The van der Waals surface area contributed by atoms with Gasteiger partial charge in [0.2, 0.25) is 0 Å². The van der Waals surface area contributed by atoms with Gasteiger partial charge in [-0.25, -0.2) is 4.98 Å². The number of hydrogen-bond acceptors (Lipinski definition) is 4. The smallest absolute Gasteiger partial charge is 0.267 e. The first-order valence-corrected chi connectivity index (χ1v) is 8.95. The summed E-state index contributed by atoms with van der Waals surface area (Å²) in [5, 5.41) is 1.40. The lowest BCUT2D eigenvalue weighted by Crippen LogP contribution is -2.17. The Hall–Kier alpha value is -1.08. The molecule has 1 atom stereocenters. The summed E-state index contributed by atoms with van der Waals surface area (Å²) in [6, 6.07) is 5.48. The maximum absolute atomic E-state index is 11.8.